The average molecular weight is 256 g/mol. The number of carbonyl (C=O) groups excluding carboxylic acids is 2. The van der Waals surface area contributed by atoms with Gasteiger partial charge in [0.2, 0.25) is 0 Å². The Labute approximate surface area is 109 Å². The smallest absolute Gasteiger partial charge is 0.194 e. The summed E-state index contributed by atoms with van der Waals surface area (Å²) >= 11 is 0. The first kappa shape index (κ1) is 17.0. The second kappa shape index (κ2) is 9.97. The first-order valence-corrected chi connectivity index (χ1v) is 6.35. The lowest BCUT2D eigenvalue weighted by molar-refractivity contribution is -0.138. The summed E-state index contributed by atoms with van der Waals surface area (Å²) in [6.07, 6.45) is 4.43. The summed E-state index contributed by atoms with van der Waals surface area (Å²) in [7, 11) is 0. The van der Waals surface area contributed by atoms with Crippen LogP contribution >= 0.6 is 0 Å². The summed E-state index contributed by atoms with van der Waals surface area (Å²) in [6.45, 7) is 5.97. The van der Waals surface area contributed by atoms with Crippen LogP contribution in [0.15, 0.2) is 11.6 Å². The third-order valence-corrected chi connectivity index (χ3v) is 2.72. The van der Waals surface area contributed by atoms with Gasteiger partial charge in [0.1, 0.15) is 6.61 Å². The number of aliphatic hydroxyl groups excluding tert-OH is 1. The summed E-state index contributed by atoms with van der Waals surface area (Å²) in [5.74, 6) is -0.0978. The second-order valence-electron chi connectivity index (χ2n) is 4.80. The SMILES string of the molecule is CC(C)=CCCC(C)CCOC(C=O)C(=O)CO. The third kappa shape index (κ3) is 8.14. The molecule has 0 heterocycles. The molecule has 0 aliphatic heterocycles. The minimum atomic E-state index is -1.11. The normalized spacial score (nSPS) is 13.8. The maximum absolute atomic E-state index is 11.1. The molecule has 4 heteroatoms. The van der Waals surface area contributed by atoms with E-state index >= 15 is 0 Å². The van der Waals surface area contributed by atoms with E-state index in [-0.39, 0.29) is 0 Å². The predicted molar refractivity (Wildman–Crippen MR) is 70.3 cm³/mol. The van der Waals surface area contributed by atoms with E-state index in [4.69, 9.17) is 9.84 Å². The molecule has 0 spiro atoms. The van der Waals surface area contributed by atoms with E-state index in [1.807, 2.05) is 0 Å². The average Bonchev–Trinajstić information content (AvgIpc) is 2.33. The van der Waals surface area contributed by atoms with Gasteiger partial charge in [-0.1, -0.05) is 18.6 Å². The lowest BCUT2D eigenvalue weighted by Gasteiger charge is -2.13. The molecule has 0 aromatic heterocycles. The quantitative estimate of drug-likeness (QED) is 0.368. The Bertz CT molecular complexity index is 280. The van der Waals surface area contributed by atoms with E-state index in [0.717, 1.165) is 19.3 Å². The number of rotatable bonds is 10. The highest BCUT2D eigenvalue weighted by Crippen LogP contribution is 2.12. The second-order valence-corrected chi connectivity index (χ2v) is 4.80. The predicted octanol–water partition coefficient (Wildman–Crippen LogP) is 1.90. The molecule has 2 atom stereocenters. The van der Waals surface area contributed by atoms with Crippen LogP contribution in [0.2, 0.25) is 0 Å². The van der Waals surface area contributed by atoms with Gasteiger partial charge in [-0.2, -0.15) is 0 Å². The van der Waals surface area contributed by atoms with Crippen LogP contribution in [-0.2, 0) is 14.3 Å². The fourth-order valence-electron chi connectivity index (χ4n) is 1.50. The molecular weight excluding hydrogens is 232 g/mol. The molecule has 1 N–H and O–H groups in total. The van der Waals surface area contributed by atoms with E-state index in [1.165, 1.54) is 5.57 Å². The summed E-state index contributed by atoms with van der Waals surface area (Å²) in [5.41, 5.74) is 1.31. The minimum Gasteiger partial charge on any atom is -0.388 e. The van der Waals surface area contributed by atoms with Crippen molar-refractivity contribution >= 4 is 12.1 Å². The first-order chi connectivity index (χ1) is 8.51. The molecule has 0 radical (unpaired) electrons. The van der Waals surface area contributed by atoms with Gasteiger partial charge in [-0.3, -0.25) is 9.59 Å². The van der Waals surface area contributed by atoms with Crippen molar-refractivity contribution in [1.82, 2.24) is 0 Å². The van der Waals surface area contributed by atoms with E-state index in [1.54, 1.807) is 0 Å². The van der Waals surface area contributed by atoms with Gasteiger partial charge < -0.3 is 9.84 Å². The van der Waals surface area contributed by atoms with Gasteiger partial charge in [-0.25, -0.2) is 0 Å². The third-order valence-electron chi connectivity index (χ3n) is 2.72. The Hall–Kier alpha value is -1.00. The monoisotopic (exact) mass is 256 g/mol. The molecule has 0 saturated heterocycles. The zero-order chi connectivity index (χ0) is 14.0. The molecule has 0 aromatic carbocycles. The van der Waals surface area contributed by atoms with Crippen molar-refractivity contribution in [2.75, 3.05) is 13.2 Å². The van der Waals surface area contributed by atoms with Crippen molar-refractivity contribution in [2.45, 2.75) is 46.1 Å². The van der Waals surface area contributed by atoms with Gasteiger partial charge in [-0.15, -0.1) is 0 Å². The fraction of sp³-hybridized carbons (Fsp3) is 0.714. The van der Waals surface area contributed by atoms with Crippen molar-refractivity contribution in [3.05, 3.63) is 11.6 Å². The van der Waals surface area contributed by atoms with Crippen molar-refractivity contribution in [1.29, 1.82) is 0 Å². The van der Waals surface area contributed by atoms with Crippen LogP contribution in [0.25, 0.3) is 0 Å². The van der Waals surface area contributed by atoms with Crippen LogP contribution in [0.5, 0.6) is 0 Å². The van der Waals surface area contributed by atoms with Gasteiger partial charge in [0.05, 0.1) is 0 Å². The molecule has 104 valence electrons. The number of ether oxygens (including phenoxy) is 1. The molecule has 0 fully saturated rings. The molecule has 2 unspecified atom stereocenters. The molecular formula is C14H24O4. The lowest BCUT2D eigenvalue weighted by Crippen LogP contribution is -2.29. The molecule has 4 nitrogen and oxygen atoms in total. The van der Waals surface area contributed by atoms with E-state index in [9.17, 15) is 9.59 Å². The highest BCUT2D eigenvalue weighted by atomic mass is 16.5. The zero-order valence-corrected chi connectivity index (χ0v) is 11.5. The molecule has 0 aromatic rings. The molecule has 0 saturated carbocycles. The van der Waals surface area contributed by atoms with Crippen molar-refractivity contribution in [3.63, 3.8) is 0 Å². The lowest BCUT2D eigenvalue weighted by atomic mass is 10.0. The minimum absolute atomic E-state index is 0.366. The van der Waals surface area contributed by atoms with E-state index in [0.29, 0.717) is 18.8 Å². The Balaban J connectivity index is 3.78. The molecule has 18 heavy (non-hydrogen) atoms. The Morgan fingerprint density at radius 3 is 2.50 bits per heavy atom. The fourth-order valence-corrected chi connectivity index (χ4v) is 1.50. The summed E-state index contributed by atoms with van der Waals surface area (Å²) in [5, 5.41) is 8.62. The van der Waals surface area contributed by atoms with E-state index < -0.39 is 18.5 Å². The summed E-state index contributed by atoms with van der Waals surface area (Å²) in [4.78, 5) is 21.6. The number of hydrogen-bond donors (Lipinski definition) is 1. The molecule has 0 aliphatic carbocycles. The standard InChI is InChI=1S/C14H24O4/c1-11(2)5-4-6-12(3)7-8-18-14(10-16)13(17)9-15/h5,10,12,14-15H,4,6-9H2,1-3H3. The maximum atomic E-state index is 11.1. The number of carbonyl (C=O) groups is 2. The Morgan fingerprint density at radius 2 is 2.00 bits per heavy atom. The maximum Gasteiger partial charge on any atom is 0.194 e. The number of allylic oxidation sites excluding steroid dienone is 2. The number of aldehydes is 1. The molecule has 0 amide bonds. The number of ketones is 1. The zero-order valence-electron chi connectivity index (χ0n) is 11.5. The van der Waals surface area contributed by atoms with Gasteiger partial charge in [-0.05, 0) is 39.0 Å². The molecule has 0 aliphatic rings. The van der Waals surface area contributed by atoms with Crippen molar-refractivity contribution in [2.24, 2.45) is 5.92 Å². The van der Waals surface area contributed by atoms with Gasteiger partial charge in [0.25, 0.3) is 0 Å². The largest absolute Gasteiger partial charge is 0.388 e. The first-order valence-electron chi connectivity index (χ1n) is 6.35. The number of hydrogen-bond acceptors (Lipinski definition) is 4. The summed E-state index contributed by atoms with van der Waals surface area (Å²) < 4.78 is 5.15. The van der Waals surface area contributed by atoms with Crippen molar-refractivity contribution in [3.8, 4) is 0 Å². The summed E-state index contributed by atoms with van der Waals surface area (Å²) in [6, 6.07) is 0. The Kier molecular flexibility index (Phi) is 9.42. The van der Waals surface area contributed by atoms with Gasteiger partial charge in [0, 0.05) is 6.61 Å². The number of Topliss-reactive ketones (excluding diaryl/α,β-unsaturated/α-hetero) is 1. The van der Waals surface area contributed by atoms with Crippen LogP contribution in [-0.4, -0.2) is 36.5 Å². The highest BCUT2D eigenvalue weighted by Gasteiger charge is 2.16. The van der Waals surface area contributed by atoms with Crippen LogP contribution < -0.4 is 0 Å². The topological polar surface area (TPSA) is 63.6 Å². The van der Waals surface area contributed by atoms with E-state index in [2.05, 4.69) is 26.8 Å². The van der Waals surface area contributed by atoms with Crippen LogP contribution in [0.1, 0.15) is 40.0 Å². The van der Waals surface area contributed by atoms with Crippen LogP contribution in [0.3, 0.4) is 0 Å². The van der Waals surface area contributed by atoms with Gasteiger partial charge >= 0.3 is 0 Å². The van der Waals surface area contributed by atoms with Crippen LogP contribution in [0, 0.1) is 5.92 Å². The molecule has 0 rings (SSSR count). The van der Waals surface area contributed by atoms with Crippen molar-refractivity contribution < 1.29 is 19.4 Å². The van der Waals surface area contributed by atoms with Crippen LogP contribution in [0.4, 0.5) is 0 Å². The number of aliphatic hydroxyl groups is 1. The Morgan fingerprint density at radius 1 is 1.33 bits per heavy atom. The molecule has 0 bridgehead atoms. The van der Waals surface area contributed by atoms with Gasteiger partial charge in [0.15, 0.2) is 18.2 Å². The highest BCUT2D eigenvalue weighted by molar-refractivity contribution is 5.96.